The van der Waals surface area contributed by atoms with Crippen LogP contribution in [0.15, 0.2) is 42.0 Å². The summed E-state index contributed by atoms with van der Waals surface area (Å²) >= 11 is 0. The molecule has 1 fully saturated rings. The monoisotopic (exact) mass is 414 g/mol. The van der Waals surface area contributed by atoms with Gasteiger partial charge in [-0.05, 0) is 68.5 Å². The Morgan fingerprint density at radius 1 is 1.13 bits per heavy atom. The van der Waals surface area contributed by atoms with Gasteiger partial charge in [0.1, 0.15) is 5.82 Å². The third-order valence-corrected chi connectivity index (χ3v) is 6.69. The number of amides is 1. The molecule has 0 spiro atoms. The maximum atomic E-state index is 11.9. The number of ether oxygens (including phenoxy) is 2. The van der Waals surface area contributed by atoms with Gasteiger partial charge in [0.2, 0.25) is 12.7 Å². The molecule has 7 heteroatoms. The van der Waals surface area contributed by atoms with Gasteiger partial charge in [0.15, 0.2) is 11.5 Å². The van der Waals surface area contributed by atoms with Crippen LogP contribution in [0.1, 0.15) is 37.2 Å². The molecule has 156 valence electrons. The lowest BCUT2D eigenvalue weighted by Gasteiger charge is -2.46. The van der Waals surface area contributed by atoms with Crippen molar-refractivity contribution < 1.29 is 14.3 Å². The first kappa shape index (κ1) is 18.2. The van der Waals surface area contributed by atoms with E-state index in [1.54, 1.807) is 0 Å². The van der Waals surface area contributed by atoms with Gasteiger partial charge >= 0.3 is 0 Å². The number of hydrogen-bond acceptors (Lipinski definition) is 5. The second-order valence-corrected chi connectivity index (χ2v) is 8.62. The van der Waals surface area contributed by atoms with Crippen molar-refractivity contribution in [2.45, 2.75) is 32.6 Å². The zero-order valence-electron chi connectivity index (χ0n) is 17.2. The second-order valence-electron chi connectivity index (χ2n) is 8.62. The van der Waals surface area contributed by atoms with Gasteiger partial charge in [-0.1, -0.05) is 11.6 Å². The van der Waals surface area contributed by atoms with Crippen LogP contribution in [0.25, 0.3) is 28.2 Å². The summed E-state index contributed by atoms with van der Waals surface area (Å²) in [5, 5.41) is 0. The fraction of sp³-hybridized carbons (Fsp3) is 0.292. The molecule has 7 rings (SSSR count). The molecule has 4 aliphatic rings. The van der Waals surface area contributed by atoms with Crippen molar-refractivity contribution in [2.75, 3.05) is 6.79 Å². The molecule has 2 aromatic heterocycles. The van der Waals surface area contributed by atoms with Crippen LogP contribution in [0.3, 0.4) is 0 Å². The summed E-state index contributed by atoms with van der Waals surface area (Å²) in [6.45, 7) is 2.21. The van der Waals surface area contributed by atoms with Gasteiger partial charge in [-0.2, -0.15) is 0 Å². The molecule has 0 unspecified atom stereocenters. The van der Waals surface area contributed by atoms with E-state index in [2.05, 4.69) is 4.98 Å². The molecule has 2 bridgehead atoms. The number of aryl methyl sites for hydroxylation is 1. The Morgan fingerprint density at radius 3 is 2.71 bits per heavy atom. The third kappa shape index (κ3) is 2.76. The number of nitrogens with one attached hydrogen (secondary N) is 1. The first-order valence-corrected chi connectivity index (χ1v) is 10.5. The molecule has 0 atom stereocenters. The Bertz CT molecular complexity index is 1270. The molecule has 1 amide bonds. The molecular weight excluding hydrogens is 392 g/mol. The van der Waals surface area contributed by atoms with Gasteiger partial charge in [-0.25, -0.2) is 4.98 Å². The number of H-pyrrole nitrogens is 1. The average molecular weight is 414 g/mol. The fourth-order valence-corrected chi connectivity index (χ4v) is 4.92. The minimum atomic E-state index is -0.341. The number of benzene rings is 1. The molecule has 3 N–H and O–H groups in total. The summed E-state index contributed by atoms with van der Waals surface area (Å²) in [5.74, 6) is 2.12. The van der Waals surface area contributed by atoms with Gasteiger partial charge < -0.3 is 20.2 Å². The number of aromatic amines is 1. The van der Waals surface area contributed by atoms with E-state index in [0.717, 1.165) is 71.3 Å². The van der Waals surface area contributed by atoms with Crippen molar-refractivity contribution in [3.8, 4) is 34.1 Å². The molecule has 3 aromatic rings. The Hall–Kier alpha value is -3.61. The number of hydrogen-bond donors (Lipinski definition) is 2. The molecule has 1 saturated carbocycles. The summed E-state index contributed by atoms with van der Waals surface area (Å²) in [4.78, 5) is 25.1. The predicted molar refractivity (Wildman–Crippen MR) is 115 cm³/mol. The fourth-order valence-electron chi connectivity index (χ4n) is 4.92. The van der Waals surface area contributed by atoms with Gasteiger partial charge in [-0.15, -0.1) is 0 Å². The van der Waals surface area contributed by atoms with E-state index >= 15 is 0 Å². The lowest BCUT2D eigenvalue weighted by molar-refractivity contribution is -0.130. The Kier molecular flexibility index (Phi) is 3.78. The zero-order valence-corrected chi connectivity index (χ0v) is 17.2. The molecule has 1 aromatic carbocycles. The van der Waals surface area contributed by atoms with Crippen molar-refractivity contribution in [1.29, 1.82) is 0 Å². The molecule has 7 nitrogen and oxygen atoms in total. The van der Waals surface area contributed by atoms with Gasteiger partial charge in [-0.3, -0.25) is 9.78 Å². The number of carbonyl (C=O) groups excluding carboxylic acids is 1. The topological polar surface area (TPSA) is 103 Å². The van der Waals surface area contributed by atoms with Gasteiger partial charge in [0.25, 0.3) is 0 Å². The van der Waals surface area contributed by atoms with Crippen molar-refractivity contribution in [3.63, 3.8) is 0 Å². The first-order chi connectivity index (χ1) is 15.0. The predicted octanol–water partition coefficient (Wildman–Crippen LogP) is 3.99. The summed E-state index contributed by atoms with van der Waals surface area (Å²) in [6.07, 6.45) is 3.07. The number of fused-ring (bicyclic) bond motifs is 3. The molecule has 0 saturated heterocycles. The Balaban J connectivity index is 1.47. The second kappa shape index (κ2) is 6.44. The maximum absolute atomic E-state index is 11.9. The standard InChI is InChI=1S/C24H22N4O3/c1-13-3-2-4-17(26-13)21-20(14-5-6-18-19(9-14)31-12-30-18)27-22(28-21)16-7-8-24(23(25)29)10-15(16)11-24/h2-6,9H,7-8,10-12H2,1H3,(H2,25,29)(H,27,28). The number of nitrogens with two attached hydrogens (primary N) is 1. The lowest BCUT2D eigenvalue weighted by Crippen LogP contribution is -2.46. The van der Waals surface area contributed by atoms with Crippen molar-refractivity contribution in [3.05, 3.63) is 53.5 Å². The summed E-state index contributed by atoms with van der Waals surface area (Å²) in [7, 11) is 0. The summed E-state index contributed by atoms with van der Waals surface area (Å²) in [6, 6.07) is 11.8. The maximum Gasteiger partial charge on any atom is 0.231 e. The highest BCUT2D eigenvalue weighted by atomic mass is 16.7. The van der Waals surface area contributed by atoms with Crippen LogP contribution in [0.5, 0.6) is 11.5 Å². The SMILES string of the molecule is Cc1cccc(-c2[nH]c(C3=C4CC(C(N)=O)(CC3)C4)nc2-c2ccc3c(c2)OCO3)n1. The van der Waals surface area contributed by atoms with Crippen LogP contribution >= 0.6 is 0 Å². The highest BCUT2D eigenvalue weighted by Crippen LogP contribution is 2.57. The van der Waals surface area contributed by atoms with Crippen LogP contribution in [0, 0.1) is 12.3 Å². The Labute approximate surface area is 179 Å². The van der Waals surface area contributed by atoms with Crippen LogP contribution in [0.4, 0.5) is 0 Å². The number of carbonyl (C=O) groups is 1. The minimum absolute atomic E-state index is 0.180. The number of allylic oxidation sites excluding steroid dienone is 2. The number of nitrogens with zero attached hydrogens (tertiary/aromatic N) is 2. The van der Waals surface area contributed by atoms with E-state index in [9.17, 15) is 4.79 Å². The highest BCUT2D eigenvalue weighted by Gasteiger charge is 2.50. The van der Waals surface area contributed by atoms with Crippen molar-refractivity contribution in [2.24, 2.45) is 11.1 Å². The van der Waals surface area contributed by atoms with Crippen LogP contribution in [0.2, 0.25) is 0 Å². The number of aromatic nitrogens is 3. The van der Waals surface area contributed by atoms with Gasteiger partial charge in [0, 0.05) is 11.3 Å². The largest absolute Gasteiger partial charge is 0.454 e. The molecule has 3 heterocycles. The quantitative estimate of drug-likeness (QED) is 0.672. The van der Waals surface area contributed by atoms with Crippen molar-refractivity contribution >= 4 is 11.5 Å². The third-order valence-electron chi connectivity index (χ3n) is 6.69. The smallest absolute Gasteiger partial charge is 0.231 e. The van der Waals surface area contributed by atoms with E-state index in [4.69, 9.17) is 25.2 Å². The van der Waals surface area contributed by atoms with E-state index in [0.29, 0.717) is 0 Å². The summed E-state index contributed by atoms with van der Waals surface area (Å²) in [5.41, 5.74) is 12.2. The van der Waals surface area contributed by atoms with Gasteiger partial charge in [0.05, 0.1) is 22.5 Å². The van der Waals surface area contributed by atoms with E-state index in [-0.39, 0.29) is 18.1 Å². The average Bonchev–Trinajstić information content (AvgIpc) is 3.39. The molecule has 0 radical (unpaired) electrons. The van der Waals surface area contributed by atoms with E-state index in [1.165, 1.54) is 11.1 Å². The molecule has 31 heavy (non-hydrogen) atoms. The van der Waals surface area contributed by atoms with Crippen LogP contribution in [-0.4, -0.2) is 27.7 Å². The number of pyridine rings is 1. The number of rotatable bonds is 4. The minimum Gasteiger partial charge on any atom is -0.454 e. The van der Waals surface area contributed by atoms with Crippen molar-refractivity contribution in [1.82, 2.24) is 15.0 Å². The number of imidazole rings is 1. The normalized spacial score (nSPS) is 18.1. The van der Waals surface area contributed by atoms with E-state index < -0.39 is 0 Å². The zero-order chi connectivity index (χ0) is 21.2. The lowest BCUT2D eigenvalue weighted by atomic mass is 9.57. The molecular formula is C24H22N4O3. The van der Waals surface area contributed by atoms with Crippen LogP contribution in [-0.2, 0) is 4.79 Å². The molecule has 3 aliphatic carbocycles. The van der Waals surface area contributed by atoms with E-state index in [1.807, 2.05) is 43.3 Å². The van der Waals surface area contributed by atoms with Crippen LogP contribution < -0.4 is 15.2 Å². The first-order valence-electron chi connectivity index (χ1n) is 10.5. The molecule has 1 aliphatic heterocycles. The highest BCUT2D eigenvalue weighted by molar-refractivity contribution is 5.88. The summed E-state index contributed by atoms with van der Waals surface area (Å²) < 4.78 is 11.0. The number of primary amides is 1. The Morgan fingerprint density at radius 2 is 1.97 bits per heavy atom.